The first kappa shape index (κ1) is 17.6. The van der Waals surface area contributed by atoms with Crippen molar-refractivity contribution in [2.45, 2.75) is 20.3 Å². The maximum Gasteiger partial charge on any atom is 0.153 e. The number of hydrogen-bond donors (Lipinski definition) is 1. The molecule has 1 heterocycles. The fourth-order valence-electron chi connectivity index (χ4n) is 2.48. The fourth-order valence-corrected chi connectivity index (χ4v) is 2.48. The van der Waals surface area contributed by atoms with Gasteiger partial charge >= 0.3 is 0 Å². The van der Waals surface area contributed by atoms with Crippen molar-refractivity contribution in [2.75, 3.05) is 46.1 Å². The first-order valence-electron chi connectivity index (χ1n) is 8.09. The Hall–Kier alpha value is -1.79. The van der Waals surface area contributed by atoms with E-state index < -0.39 is 0 Å². The van der Waals surface area contributed by atoms with Crippen molar-refractivity contribution in [3.05, 3.63) is 29.3 Å². The maximum atomic E-state index is 5.85. The van der Waals surface area contributed by atoms with Crippen molar-refractivity contribution in [2.24, 2.45) is 10.9 Å². The molecule has 23 heavy (non-hydrogen) atoms. The van der Waals surface area contributed by atoms with Gasteiger partial charge in [-0.3, -0.25) is 4.90 Å². The summed E-state index contributed by atoms with van der Waals surface area (Å²) in [5.41, 5.74) is 8.27. The van der Waals surface area contributed by atoms with Crippen LogP contribution in [-0.2, 0) is 9.57 Å². The summed E-state index contributed by atoms with van der Waals surface area (Å²) < 4.78 is 11.0. The van der Waals surface area contributed by atoms with E-state index in [2.05, 4.69) is 30.0 Å². The summed E-state index contributed by atoms with van der Waals surface area (Å²) in [5, 5.41) is 3.95. The number of oxime groups is 1. The van der Waals surface area contributed by atoms with Crippen LogP contribution in [0.5, 0.6) is 5.75 Å². The number of aryl methyl sites for hydroxylation is 2. The van der Waals surface area contributed by atoms with E-state index in [1.54, 1.807) is 0 Å². The first-order valence-corrected chi connectivity index (χ1v) is 8.09. The van der Waals surface area contributed by atoms with Crippen LogP contribution in [0.2, 0.25) is 0 Å². The number of amidine groups is 1. The Balaban J connectivity index is 1.58. The molecule has 0 radical (unpaired) electrons. The number of morpholine rings is 1. The van der Waals surface area contributed by atoms with Gasteiger partial charge < -0.3 is 20.0 Å². The molecule has 0 aliphatic carbocycles. The highest BCUT2D eigenvalue weighted by molar-refractivity contribution is 5.81. The molecule has 0 atom stereocenters. The van der Waals surface area contributed by atoms with Crippen LogP contribution in [-0.4, -0.2) is 56.8 Å². The molecule has 128 valence electrons. The standard InChI is InChI=1S/C17H27N3O3/c1-14-10-15(2)12-16(11-14)22-6-3-7-23-19-17(18)13-20-4-8-21-9-5-20/h10-12H,3-9,13H2,1-2H3,(H2,18,19). The molecule has 1 aliphatic rings. The smallest absolute Gasteiger partial charge is 0.153 e. The Bertz CT molecular complexity index is 494. The van der Waals surface area contributed by atoms with Gasteiger partial charge in [0.25, 0.3) is 0 Å². The van der Waals surface area contributed by atoms with E-state index in [-0.39, 0.29) is 0 Å². The number of hydrogen-bond acceptors (Lipinski definition) is 5. The summed E-state index contributed by atoms with van der Waals surface area (Å²) in [4.78, 5) is 7.45. The van der Waals surface area contributed by atoms with Gasteiger partial charge in [0.05, 0.1) is 26.4 Å². The highest BCUT2D eigenvalue weighted by Crippen LogP contribution is 2.16. The SMILES string of the molecule is Cc1cc(C)cc(OCCCON=C(N)CN2CCOCC2)c1. The van der Waals surface area contributed by atoms with E-state index in [0.29, 0.717) is 25.6 Å². The number of benzene rings is 1. The maximum absolute atomic E-state index is 5.85. The summed E-state index contributed by atoms with van der Waals surface area (Å²) in [5.74, 6) is 1.40. The van der Waals surface area contributed by atoms with Crippen LogP contribution in [0, 0.1) is 13.8 Å². The predicted octanol–water partition coefficient (Wildman–Crippen LogP) is 1.69. The second kappa shape index (κ2) is 9.37. The second-order valence-electron chi connectivity index (χ2n) is 5.83. The van der Waals surface area contributed by atoms with Crippen molar-refractivity contribution in [1.82, 2.24) is 4.90 Å². The minimum Gasteiger partial charge on any atom is -0.493 e. The Morgan fingerprint density at radius 3 is 2.57 bits per heavy atom. The molecule has 1 saturated heterocycles. The van der Waals surface area contributed by atoms with E-state index in [0.717, 1.165) is 38.5 Å². The third-order valence-corrected chi connectivity index (χ3v) is 3.52. The Labute approximate surface area is 138 Å². The first-order chi connectivity index (χ1) is 11.1. The van der Waals surface area contributed by atoms with Crippen molar-refractivity contribution in [3.8, 4) is 5.75 Å². The molecule has 1 fully saturated rings. The molecule has 6 nitrogen and oxygen atoms in total. The van der Waals surface area contributed by atoms with E-state index in [1.807, 2.05) is 12.1 Å². The molecular weight excluding hydrogens is 294 g/mol. The minimum absolute atomic E-state index is 0.495. The quantitative estimate of drug-likeness (QED) is 0.341. The molecule has 0 aromatic heterocycles. The average Bonchev–Trinajstić information content (AvgIpc) is 2.51. The average molecular weight is 321 g/mol. The lowest BCUT2D eigenvalue weighted by Gasteiger charge is -2.25. The van der Waals surface area contributed by atoms with Crippen molar-refractivity contribution in [1.29, 1.82) is 0 Å². The Morgan fingerprint density at radius 1 is 1.17 bits per heavy atom. The van der Waals surface area contributed by atoms with Crippen LogP contribution in [0.25, 0.3) is 0 Å². The monoisotopic (exact) mass is 321 g/mol. The Kier molecular flexibility index (Phi) is 7.16. The third kappa shape index (κ3) is 6.88. The van der Waals surface area contributed by atoms with Gasteiger partial charge in [-0.15, -0.1) is 0 Å². The van der Waals surface area contributed by atoms with Gasteiger partial charge in [-0.05, 0) is 37.1 Å². The van der Waals surface area contributed by atoms with E-state index in [1.165, 1.54) is 11.1 Å². The fraction of sp³-hybridized carbons (Fsp3) is 0.588. The summed E-state index contributed by atoms with van der Waals surface area (Å²) in [7, 11) is 0. The van der Waals surface area contributed by atoms with Crippen molar-refractivity contribution < 1.29 is 14.3 Å². The molecule has 1 aliphatic heterocycles. The molecule has 1 aromatic rings. The lowest BCUT2D eigenvalue weighted by Crippen LogP contribution is -2.41. The zero-order valence-corrected chi connectivity index (χ0v) is 14.1. The highest BCUT2D eigenvalue weighted by atomic mass is 16.6. The van der Waals surface area contributed by atoms with Gasteiger partial charge in [0, 0.05) is 19.5 Å². The lowest BCUT2D eigenvalue weighted by atomic mass is 10.1. The number of ether oxygens (including phenoxy) is 2. The number of nitrogens with zero attached hydrogens (tertiary/aromatic N) is 2. The van der Waals surface area contributed by atoms with Gasteiger partial charge in [0.15, 0.2) is 5.84 Å². The molecule has 2 N–H and O–H groups in total. The summed E-state index contributed by atoms with van der Waals surface area (Å²) >= 11 is 0. The second-order valence-corrected chi connectivity index (χ2v) is 5.83. The molecule has 1 aromatic carbocycles. The van der Waals surface area contributed by atoms with Crippen LogP contribution in [0.3, 0.4) is 0 Å². The van der Waals surface area contributed by atoms with Crippen LogP contribution in [0.1, 0.15) is 17.5 Å². The van der Waals surface area contributed by atoms with Gasteiger partial charge in [-0.2, -0.15) is 0 Å². The van der Waals surface area contributed by atoms with Gasteiger partial charge in [-0.1, -0.05) is 11.2 Å². The normalized spacial score (nSPS) is 16.3. The largest absolute Gasteiger partial charge is 0.493 e. The predicted molar refractivity (Wildman–Crippen MR) is 90.9 cm³/mol. The summed E-state index contributed by atoms with van der Waals surface area (Å²) in [6.07, 6.45) is 0.765. The van der Waals surface area contributed by atoms with Gasteiger partial charge in [0.2, 0.25) is 0 Å². The molecular formula is C17H27N3O3. The number of rotatable bonds is 8. The molecule has 0 bridgehead atoms. The van der Waals surface area contributed by atoms with E-state index in [4.69, 9.17) is 20.0 Å². The van der Waals surface area contributed by atoms with Crippen molar-refractivity contribution in [3.63, 3.8) is 0 Å². The van der Waals surface area contributed by atoms with E-state index >= 15 is 0 Å². The number of nitrogens with two attached hydrogens (primary N) is 1. The summed E-state index contributed by atoms with van der Waals surface area (Å²) in [6, 6.07) is 6.20. The molecule has 0 amide bonds. The highest BCUT2D eigenvalue weighted by Gasteiger charge is 2.11. The Morgan fingerprint density at radius 2 is 1.87 bits per heavy atom. The van der Waals surface area contributed by atoms with Crippen LogP contribution < -0.4 is 10.5 Å². The molecule has 2 rings (SSSR count). The zero-order chi connectivity index (χ0) is 16.5. The topological polar surface area (TPSA) is 69.3 Å². The van der Waals surface area contributed by atoms with Crippen LogP contribution >= 0.6 is 0 Å². The van der Waals surface area contributed by atoms with Gasteiger partial charge in [-0.25, -0.2) is 0 Å². The van der Waals surface area contributed by atoms with Crippen LogP contribution in [0.15, 0.2) is 23.4 Å². The molecule has 0 unspecified atom stereocenters. The zero-order valence-electron chi connectivity index (χ0n) is 14.1. The van der Waals surface area contributed by atoms with E-state index in [9.17, 15) is 0 Å². The summed E-state index contributed by atoms with van der Waals surface area (Å²) in [6.45, 7) is 9.14. The van der Waals surface area contributed by atoms with Crippen molar-refractivity contribution >= 4 is 5.84 Å². The van der Waals surface area contributed by atoms with Crippen LogP contribution in [0.4, 0.5) is 0 Å². The van der Waals surface area contributed by atoms with Gasteiger partial charge in [0.1, 0.15) is 12.4 Å². The third-order valence-electron chi connectivity index (χ3n) is 3.52. The molecule has 0 spiro atoms. The minimum atomic E-state index is 0.495. The molecule has 6 heteroatoms. The molecule has 0 saturated carbocycles. The lowest BCUT2D eigenvalue weighted by molar-refractivity contribution is 0.0443.